The number of halogens is 3. The first-order valence-electron chi connectivity index (χ1n) is 18.9. The number of aromatic nitrogens is 4. The number of carboxylic acids is 1. The molecule has 3 aromatic carbocycles. The molecule has 2 atom stereocenters. The Balaban J connectivity index is 1.12. The van der Waals surface area contributed by atoms with E-state index in [-0.39, 0.29) is 53.9 Å². The number of anilines is 2. The quantitative estimate of drug-likeness (QED) is 0.133. The molecule has 2 fully saturated rings. The number of carbonyl (C=O) groups is 3. The van der Waals surface area contributed by atoms with Crippen molar-refractivity contribution in [2.24, 2.45) is 5.41 Å². The third-order valence-corrected chi connectivity index (χ3v) is 10.8. The predicted molar refractivity (Wildman–Crippen MR) is 211 cm³/mol. The second-order valence-electron chi connectivity index (χ2n) is 14.8. The van der Waals surface area contributed by atoms with E-state index in [1.807, 2.05) is 23.1 Å². The van der Waals surface area contributed by atoms with E-state index in [2.05, 4.69) is 15.1 Å². The number of likely N-dealkylation sites (tertiary alicyclic amines) is 1. The van der Waals surface area contributed by atoms with Crippen molar-refractivity contribution in [3.05, 3.63) is 107 Å². The number of nitrogens with zero attached hydrogens (tertiary/aromatic N) is 6. The van der Waals surface area contributed by atoms with Gasteiger partial charge in [0.15, 0.2) is 0 Å². The zero-order chi connectivity index (χ0) is 42.8. The molecule has 0 radical (unpaired) electrons. The number of rotatable bonds is 11. The number of carboxylic acid groups (broad SMARTS) is 1. The van der Waals surface area contributed by atoms with E-state index in [0.29, 0.717) is 42.8 Å². The molecule has 1 amide bonds. The molecule has 0 unspecified atom stereocenters. The van der Waals surface area contributed by atoms with Gasteiger partial charge in [0.05, 0.1) is 25.6 Å². The van der Waals surface area contributed by atoms with Gasteiger partial charge in [-0.15, -0.1) is 0 Å². The second-order valence-corrected chi connectivity index (χ2v) is 14.8. The van der Waals surface area contributed by atoms with Crippen molar-refractivity contribution in [3.63, 3.8) is 0 Å². The summed E-state index contributed by atoms with van der Waals surface area (Å²) in [6.07, 6.45) is -5.53. The monoisotopic (exact) mass is 829 g/mol. The Morgan fingerprint density at radius 2 is 1.68 bits per heavy atom. The lowest BCUT2D eigenvalue weighted by molar-refractivity contribution is -0.198. The molecule has 0 saturated carbocycles. The summed E-state index contributed by atoms with van der Waals surface area (Å²) < 4.78 is 68.1. The lowest BCUT2D eigenvalue weighted by Crippen LogP contribution is -2.43. The average Bonchev–Trinajstić information content (AvgIpc) is 3.85. The fraction of sp³-hybridized carbons (Fsp3) is 0.333. The summed E-state index contributed by atoms with van der Waals surface area (Å²) in [5.41, 5.74) is 7.87. The number of nitrogen functional groups attached to an aromatic ring is 1. The van der Waals surface area contributed by atoms with Gasteiger partial charge in [-0.3, -0.25) is 4.90 Å². The minimum absolute atomic E-state index is 0.00264. The summed E-state index contributed by atoms with van der Waals surface area (Å²) in [6, 6.07) is 20.0. The summed E-state index contributed by atoms with van der Waals surface area (Å²) in [6.45, 7) is 2.55. The number of nitrogens with two attached hydrogens (primary N) is 1. The fourth-order valence-corrected chi connectivity index (χ4v) is 7.77. The number of aryl methyl sites for hydroxylation is 1. The maximum absolute atomic E-state index is 15.1. The molecule has 1 spiro atoms. The lowest BCUT2D eigenvalue weighted by Gasteiger charge is -2.39. The number of ether oxygens (including phenoxy) is 4. The van der Waals surface area contributed by atoms with Crippen LogP contribution in [0.4, 0.5) is 29.7 Å². The van der Waals surface area contributed by atoms with Crippen LogP contribution in [0, 0.1) is 12.3 Å². The van der Waals surface area contributed by atoms with E-state index in [0.717, 1.165) is 5.56 Å². The topological polar surface area (TPSA) is 184 Å². The Kier molecular flexibility index (Phi) is 11.6. The zero-order valence-corrected chi connectivity index (χ0v) is 32.9. The number of aliphatic carboxylic acids is 1. The molecule has 18 heteroatoms. The highest BCUT2D eigenvalue weighted by Crippen LogP contribution is 2.45. The van der Waals surface area contributed by atoms with Crippen LogP contribution in [0.15, 0.2) is 85.1 Å². The Bertz CT molecular complexity index is 2380. The molecular weight excluding hydrogens is 787 g/mol. The van der Waals surface area contributed by atoms with Gasteiger partial charge in [0.25, 0.3) is 0 Å². The van der Waals surface area contributed by atoms with Gasteiger partial charge in [-0.1, -0.05) is 48.5 Å². The molecule has 3 N–H and O–H groups in total. The predicted octanol–water partition coefficient (Wildman–Crippen LogP) is 6.78. The highest BCUT2D eigenvalue weighted by Gasteiger charge is 2.51. The van der Waals surface area contributed by atoms with E-state index >= 15 is 13.2 Å². The first-order valence-corrected chi connectivity index (χ1v) is 18.9. The number of hydrogen-bond acceptors (Lipinski definition) is 12. The number of alkyl halides is 3. The molecule has 7 rings (SSSR count). The van der Waals surface area contributed by atoms with Crippen LogP contribution in [0.2, 0.25) is 0 Å². The summed E-state index contributed by atoms with van der Waals surface area (Å²) in [7, 11) is 2.63. The van der Waals surface area contributed by atoms with Gasteiger partial charge >= 0.3 is 24.2 Å². The molecule has 314 valence electrons. The lowest BCUT2D eigenvalue weighted by atomic mass is 9.76. The SMILES string of the molecule is COC(=O)c1ccc(-c2ccc([C@@H](Oc3cc(N4CCC5(CC4)C[C@@H](C(=O)O)N(C(=O)OCc4ccccc4)C5)nc(N)n3)C(F)(F)F)c(-n3ccc(C)n3)c2)cc1OC. The minimum atomic E-state index is -4.95. The summed E-state index contributed by atoms with van der Waals surface area (Å²) in [5.74, 6) is -2.04. The molecule has 0 aliphatic carbocycles. The maximum atomic E-state index is 15.1. The van der Waals surface area contributed by atoms with Crippen LogP contribution < -0.4 is 20.1 Å². The van der Waals surface area contributed by atoms with Crippen molar-refractivity contribution in [3.8, 4) is 28.4 Å². The molecule has 5 aromatic rings. The van der Waals surface area contributed by atoms with Gasteiger partial charge in [0.2, 0.25) is 17.9 Å². The number of hydrogen-bond donors (Lipinski definition) is 2. The van der Waals surface area contributed by atoms with E-state index < -0.39 is 47.6 Å². The zero-order valence-electron chi connectivity index (χ0n) is 32.9. The van der Waals surface area contributed by atoms with E-state index in [1.54, 1.807) is 37.3 Å². The molecule has 60 heavy (non-hydrogen) atoms. The Labute approximate surface area is 342 Å². The highest BCUT2D eigenvalue weighted by atomic mass is 19.4. The smallest absolute Gasteiger partial charge is 0.429 e. The van der Waals surface area contributed by atoms with Gasteiger partial charge in [-0.05, 0) is 72.6 Å². The number of piperidine rings is 1. The number of amides is 1. The standard InChI is InChI=1S/C42H42F3N7O8/c1-25-13-16-52(49-25)31-19-27(28-10-12-30(38(55)58-3)33(20-28)57-2)9-11-29(31)36(42(43,44)45)60-35-21-34(47-39(46)48-35)50-17-14-41(15-18-50)22-32(37(53)54)51(24-41)40(56)59-23-26-7-5-4-6-8-26/h4-13,16,19-21,32,36H,14-15,17-18,22-24H2,1-3H3,(H,53,54)(H2,46,47,48)/t32-,36+/m0/s1. The van der Waals surface area contributed by atoms with Crippen molar-refractivity contribution in [2.75, 3.05) is 44.5 Å². The largest absolute Gasteiger partial charge is 0.496 e. The van der Waals surface area contributed by atoms with E-state index in [4.69, 9.17) is 24.7 Å². The first-order chi connectivity index (χ1) is 28.7. The Morgan fingerprint density at radius 1 is 0.967 bits per heavy atom. The third kappa shape index (κ3) is 8.76. The van der Waals surface area contributed by atoms with E-state index in [9.17, 15) is 19.5 Å². The summed E-state index contributed by atoms with van der Waals surface area (Å²) in [4.78, 5) is 49.0. The summed E-state index contributed by atoms with van der Waals surface area (Å²) >= 11 is 0. The summed E-state index contributed by atoms with van der Waals surface area (Å²) in [5, 5.41) is 14.4. The number of esters is 1. The van der Waals surface area contributed by atoms with Crippen molar-refractivity contribution >= 4 is 29.8 Å². The van der Waals surface area contributed by atoms with Crippen molar-refractivity contribution in [1.82, 2.24) is 24.6 Å². The number of benzene rings is 3. The third-order valence-electron chi connectivity index (χ3n) is 10.8. The normalized spacial score (nSPS) is 16.7. The second kappa shape index (κ2) is 16.8. The molecule has 4 heterocycles. The van der Waals surface area contributed by atoms with Crippen LogP contribution in [0.25, 0.3) is 16.8 Å². The van der Waals surface area contributed by atoms with Gasteiger partial charge in [-0.2, -0.15) is 28.2 Å². The average molecular weight is 830 g/mol. The van der Waals surface area contributed by atoms with Gasteiger partial charge in [-0.25, -0.2) is 19.1 Å². The Hall–Kier alpha value is -6.85. The van der Waals surface area contributed by atoms with Crippen LogP contribution in [0.5, 0.6) is 11.6 Å². The van der Waals surface area contributed by atoms with Crippen LogP contribution >= 0.6 is 0 Å². The Morgan fingerprint density at radius 3 is 2.33 bits per heavy atom. The molecule has 2 aliphatic heterocycles. The molecular formula is C42H42F3N7O8. The minimum Gasteiger partial charge on any atom is -0.496 e. The fourth-order valence-electron chi connectivity index (χ4n) is 7.77. The van der Waals surface area contributed by atoms with Gasteiger partial charge in [0.1, 0.15) is 29.8 Å². The number of carbonyl (C=O) groups excluding carboxylic acids is 2. The molecule has 2 aromatic heterocycles. The van der Waals surface area contributed by atoms with Gasteiger partial charge < -0.3 is 34.7 Å². The molecule has 15 nitrogen and oxygen atoms in total. The molecule has 0 bridgehead atoms. The van der Waals surface area contributed by atoms with Gasteiger partial charge in [0, 0.05) is 37.5 Å². The first kappa shape index (κ1) is 41.3. The van der Waals surface area contributed by atoms with E-state index in [1.165, 1.54) is 60.3 Å². The van der Waals surface area contributed by atoms with Crippen LogP contribution in [-0.2, 0) is 20.9 Å². The van der Waals surface area contributed by atoms with Crippen LogP contribution in [0.3, 0.4) is 0 Å². The van der Waals surface area contributed by atoms with Crippen molar-refractivity contribution in [1.29, 1.82) is 0 Å². The molecule has 2 aliphatic rings. The number of methoxy groups -OCH3 is 2. The van der Waals surface area contributed by atoms with Crippen molar-refractivity contribution < 1.29 is 51.6 Å². The maximum Gasteiger partial charge on any atom is 0.429 e. The molecule has 2 saturated heterocycles. The van der Waals surface area contributed by atoms with Crippen LogP contribution in [0.1, 0.15) is 52.5 Å². The van der Waals surface area contributed by atoms with Crippen molar-refractivity contribution in [2.45, 2.75) is 51.1 Å². The van der Waals surface area contributed by atoms with Crippen LogP contribution in [-0.4, -0.2) is 93.9 Å². The highest BCUT2D eigenvalue weighted by molar-refractivity contribution is 5.93.